The summed E-state index contributed by atoms with van der Waals surface area (Å²) in [7, 11) is 3.14. The van der Waals surface area contributed by atoms with Gasteiger partial charge in [0.1, 0.15) is 5.69 Å². The maximum absolute atomic E-state index is 11.5. The summed E-state index contributed by atoms with van der Waals surface area (Å²) < 4.78 is 15.8. The topological polar surface area (TPSA) is 138 Å². The lowest BCUT2D eigenvalue weighted by Gasteiger charge is -2.14. The van der Waals surface area contributed by atoms with E-state index in [1.807, 2.05) is 12.1 Å². The van der Waals surface area contributed by atoms with Crippen molar-refractivity contribution in [3.63, 3.8) is 0 Å². The van der Waals surface area contributed by atoms with E-state index in [0.717, 1.165) is 5.56 Å². The number of aromatic nitrogens is 4. The van der Waals surface area contributed by atoms with Gasteiger partial charge in [-0.25, -0.2) is 4.98 Å². The highest BCUT2D eigenvalue weighted by atomic mass is 16.5. The monoisotopic (exact) mass is 384 g/mol. The van der Waals surface area contributed by atoms with Gasteiger partial charge in [0.2, 0.25) is 17.6 Å². The van der Waals surface area contributed by atoms with Crippen molar-refractivity contribution in [1.29, 1.82) is 0 Å². The van der Waals surface area contributed by atoms with E-state index in [1.165, 1.54) is 12.4 Å². The molecule has 0 aliphatic heterocycles. The number of nitrogens with two attached hydrogens (primary N) is 1. The third-order valence-electron chi connectivity index (χ3n) is 3.94. The fraction of sp³-hybridized carbons (Fsp3) is 0.278. The summed E-state index contributed by atoms with van der Waals surface area (Å²) in [6.07, 6.45) is 4.59. The average Bonchev–Trinajstić information content (AvgIpc) is 3.21. The molecule has 0 saturated heterocycles. The normalized spacial score (nSPS) is 11.8. The second kappa shape index (κ2) is 8.91. The Morgan fingerprint density at radius 1 is 1.25 bits per heavy atom. The Hall–Kier alpha value is -3.53. The molecule has 1 aromatic carbocycles. The number of carbonyl (C=O) groups excluding carboxylic acids is 1. The van der Waals surface area contributed by atoms with Crippen molar-refractivity contribution in [3.8, 4) is 23.0 Å². The minimum absolute atomic E-state index is 0.00457. The molecule has 0 spiro atoms. The van der Waals surface area contributed by atoms with Gasteiger partial charge in [-0.3, -0.25) is 9.78 Å². The van der Waals surface area contributed by atoms with Gasteiger partial charge in [0.05, 0.1) is 32.9 Å². The molecule has 3 N–H and O–H groups in total. The van der Waals surface area contributed by atoms with Crippen molar-refractivity contribution < 1.29 is 18.8 Å². The predicted molar refractivity (Wildman–Crippen MR) is 98.3 cm³/mol. The molecule has 28 heavy (non-hydrogen) atoms. The largest absolute Gasteiger partial charge is 0.493 e. The van der Waals surface area contributed by atoms with Gasteiger partial charge in [0.25, 0.3) is 0 Å². The Morgan fingerprint density at radius 2 is 2.07 bits per heavy atom. The number of nitrogens with zero attached hydrogens (tertiary/aromatic N) is 4. The standard InChI is InChI=1S/C18H20N6O4/c1-26-14-4-3-11(7-15(14)27-2)9-22-12(8-16(19)25)18-23-17(24-28-18)13-10-20-5-6-21-13/h3-7,10,12,22H,8-9H2,1-2H3,(H2,19,25)/t12-/m0/s1. The molecule has 0 radical (unpaired) electrons. The number of amides is 1. The molecule has 3 aromatic rings. The number of benzene rings is 1. The lowest BCUT2D eigenvalue weighted by molar-refractivity contribution is -0.118. The van der Waals surface area contributed by atoms with E-state index >= 15 is 0 Å². The first-order valence-electron chi connectivity index (χ1n) is 8.43. The summed E-state index contributed by atoms with van der Waals surface area (Å²) in [5.41, 5.74) is 6.76. The summed E-state index contributed by atoms with van der Waals surface area (Å²) in [5, 5.41) is 7.11. The molecule has 10 nitrogen and oxygen atoms in total. The van der Waals surface area contributed by atoms with E-state index in [-0.39, 0.29) is 18.1 Å². The summed E-state index contributed by atoms with van der Waals surface area (Å²) >= 11 is 0. The van der Waals surface area contributed by atoms with Crippen molar-refractivity contribution >= 4 is 5.91 Å². The van der Waals surface area contributed by atoms with Gasteiger partial charge in [0.15, 0.2) is 11.5 Å². The van der Waals surface area contributed by atoms with E-state index in [9.17, 15) is 4.79 Å². The number of hydrogen-bond acceptors (Lipinski definition) is 9. The summed E-state index contributed by atoms with van der Waals surface area (Å²) in [5.74, 6) is 1.26. The first kappa shape index (κ1) is 19.2. The molecule has 0 aliphatic carbocycles. The van der Waals surface area contributed by atoms with Crippen LogP contribution in [-0.4, -0.2) is 40.2 Å². The lowest BCUT2D eigenvalue weighted by atomic mass is 10.1. The van der Waals surface area contributed by atoms with Gasteiger partial charge in [-0.05, 0) is 17.7 Å². The minimum Gasteiger partial charge on any atom is -0.493 e. The molecular formula is C18H20N6O4. The summed E-state index contributed by atoms with van der Waals surface area (Å²) in [6.45, 7) is 0.418. The molecule has 1 amide bonds. The van der Waals surface area contributed by atoms with Crippen LogP contribution in [0.25, 0.3) is 11.5 Å². The molecular weight excluding hydrogens is 364 g/mol. The number of ether oxygens (including phenoxy) is 2. The van der Waals surface area contributed by atoms with Gasteiger partial charge in [-0.2, -0.15) is 4.98 Å². The average molecular weight is 384 g/mol. The Balaban J connectivity index is 1.76. The lowest BCUT2D eigenvalue weighted by Crippen LogP contribution is -2.26. The second-order valence-corrected chi connectivity index (χ2v) is 5.84. The van der Waals surface area contributed by atoms with Gasteiger partial charge >= 0.3 is 0 Å². The van der Waals surface area contributed by atoms with E-state index < -0.39 is 11.9 Å². The van der Waals surface area contributed by atoms with Crippen LogP contribution in [-0.2, 0) is 11.3 Å². The van der Waals surface area contributed by atoms with Crippen molar-refractivity contribution in [2.45, 2.75) is 19.0 Å². The first-order chi connectivity index (χ1) is 13.6. The van der Waals surface area contributed by atoms with Crippen molar-refractivity contribution in [3.05, 3.63) is 48.2 Å². The highest BCUT2D eigenvalue weighted by molar-refractivity contribution is 5.74. The fourth-order valence-electron chi connectivity index (χ4n) is 2.57. The Morgan fingerprint density at radius 3 is 2.75 bits per heavy atom. The van der Waals surface area contributed by atoms with Crippen LogP contribution in [0.15, 0.2) is 41.3 Å². The van der Waals surface area contributed by atoms with Gasteiger partial charge in [0, 0.05) is 18.9 Å². The van der Waals surface area contributed by atoms with Crippen LogP contribution in [0.3, 0.4) is 0 Å². The third-order valence-corrected chi connectivity index (χ3v) is 3.94. The maximum Gasteiger partial charge on any atom is 0.244 e. The summed E-state index contributed by atoms with van der Waals surface area (Å²) in [6, 6.07) is 4.97. The van der Waals surface area contributed by atoms with Crippen LogP contribution in [0.5, 0.6) is 11.5 Å². The molecule has 3 rings (SSSR count). The minimum atomic E-state index is -0.552. The predicted octanol–water partition coefficient (Wildman–Crippen LogP) is 1.25. The molecule has 10 heteroatoms. The Labute approximate surface area is 161 Å². The third kappa shape index (κ3) is 4.60. The van der Waals surface area contributed by atoms with Crippen LogP contribution >= 0.6 is 0 Å². The van der Waals surface area contributed by atoms with Crippen molar-refractivity contribution in [2.24, 2.45) is 5.73 Å². The van der Waals surface area contributed by atoms with Crippen LogP contribution in [0, 0.1) is 0 Å². The number of rotatable bonds is 9. The Kier molecular flexibility index (Phi) is 6.12. The zero-order valence-corrected chi connectivity index (χ0v) is 15.5. The molecule has 146 valence electrons. The number of nitrogens with one attached hydrogen (secondary N) is 1. The SMILES string of the molecule is COc1ccc(CN[C@@H](CC(N)=O)c2nc(-c3cnccn3)no2)cc1OC. The maximum atomic E-state index is 11.5. The molecule has 2 aromatic heterocycles. The molecule has 2 heterocycles. The molecule has 1 atom stereocenters. The Bertz CT molecular complexity index is 931. The highest BCUT2D eigenvalue weighted by Crippen LogP contribution is 2.28. The number of hydrogen-bond donors (Lipinski definition) is 2. The van der Waals surface area contributed by atoms with E-state index in [4.69, 9.17) is 19.7 Å². The molecule has 0 saturated carbocycles. The quantitative estimate of drug-likeness (QED) is 0.558. The zero-order valence-electron chi connectivity index (χ0n) is 15.5. The van der Waals surface area contributed by atoms with Crippen LogP contribution < -0.4 is 20.5 Å². The van der Waals surface area contributed by atoms with Crippen molar-refractivity contribution in [2.75, 3.05) is 14.2 Å². The molecule has 0 fully saturated rings. The fourth-order valence-corrected chi connectivity index (χ4v) is 2.57. The molecule has 0 bridgehead atoms. The van der Waals surface area contributed by atoms with E-state index in [2.05, 4.69) is 25.4 Å². The number of primary amides is 1. The first-order valence-corrected chi connectivity index (χ1v) is 8.43. The molecule has 0 aliphatic rings. The second-order valence-electron chi connectivity index (χ2n) is 5.84. The number of carbonyl (C=O) groups is 1. The van der Waals surface area contributed by atoms with Gasteiger partial charge < -0.3 is 25.0 Å². The molecule has 0 unspecified atom stereocenters. The van der Waals surface area contributed by atoms with E-state index in [0.29, 0.717) is 23.7 Å². The van der Waals surface area contributed by atoms with Gasteiger partial charge in [-0.15, -0.1) is 0 Å². The highest BCUT2D eigenvalue weighted by Gasteiger charge is 2.22. The van der Waals surface area contributed by atoms with Crippen LogP contribution in [0.1, 0.15) is 23.9 Å². The van der Waals surface area contributed by atoms with E-state index in [1.54, 1.807) is 26.5 Å². The number of methoxy groups -OCH3 is 2. The smallest absolute Gasteiger partial charge is 0.244 e. The van der Waals surface area contributed by atoms with Gasteiger partial charge in [-0.1, -0.05) is 11.2 Å². The van der Waals surface area contributed by atoms with Crippen molar-refractivity contribution in [1.82, 2.24) is 25.4 Å². The van der Waals surface area contributed by atoms with Crippen LogP contribution in [0.4, 0.5) is 0 Å². The van der Waals surface area contributed by atoms with Crippen LogP contribution in [0.2, 0.25) is 0 Å². The summed E-state index contributed by atoms with van der Waals surface area (Å²) in [4.78, 5) is 23.9. The zero-order chi connectivity index (χ0) is 19.9.